The molecule has 0 fully saturated rings. The van der Waals surface area contributed by atoms with E-state index in [1.807, 2.05) is 0 Å². The standard InChI is InChI=1S/C11H12F2O3/c1-2-7(11(15)16)10(14)8-5-6(12)3-4-9(8)13/h3-5,7,10,14H,2H2,1H3,(H,15,16). The molecule has 0 radical (unpaired) electrons. The topological polar surface area (TPSA) is 57.5 Å². The predicted molar refractivity (Wildman–Crippen MR) is 52.7 cm³/mol. The molecular weight excluding hydrogens is 218 g/mol. The van der Waals surface area contributed by atoms with Crippen molar-refractivity contribution in [1.29, 1.82) is 0 Å². The molecule has 1 rings (SSSR count). The van der Waals surface area contributed by atoms with Gasteiger partial charge < -0.3 is 10.2 Å². The van der Waals surface area contributed by atoms with Crippen LogP contribution in [0.15, 0.2) is 18.2 Å². The number of hydrogen-bond acceptors (Lipinski definition) is 2. The molecule has 88 valence electrons. The Morgan fingerprint density at radius 1 is 1.44 bits per heavy atom. The summed E-state index contributed by atoms with van der Waals surface area (Å²) in [7, 11) is 0. The van der Waals surface area contributed by atoms with Crippen LogP contribution in [0.25, 0.3) is 0 Å². The first-order valence-electron chi connectivity index (χ1n) is 4.83. The number of benzene rings is 1. The molecule has 2 unspecified atom stereocenters. The Morgan fingerprint density at radius 3 is 2.56 bits per heavy atom. The fourth-order valence-electron chi connectivity index (χ4n) is 1.49. The molecule has 0 saturated carbocycles. The minimum atomic E-state index is -1.54. The molecule has 1 aromatic rings. The Bertz CT molecular complexity index is 393. The van der Waals surface area contributed by atoms with Gasteiger partial charge in [-0.15, -0.1) is 0 Å². The first-order valence-corrected chi connectivity index (χ1v) is 4.83. The van der Waals surface area contributed by atoms with Crippen LogP contribution in [0.4, 0.5) is 8.78 Å². The first-order chi connectivity index (χ1) is 7.47. The van der Waals surface area contributed by atoms with Gasteiger partial charge in [0.15, 0.2) is 0 Å². The number of carboxylic acids is 1. The molecule has 0 aliphatic rings. The number of halogens is 2. The summed E-state index contributed by atoms with van der Waals surface area (Å²) in [6.45, 7) is 1.55. The van der Waals surface area contributed by atoms with Crippen LogP contribution in [-0.4, -0.2) is 16.2 Å². The van der Waals surface area contributed by atoms with Gasteiger partial charge in [0.1, 0.15) is 11.6 Å². The summed E-state index contributed by atoms with van der Waals surface area (Å²) in [6.07, 6.45) is -1.41. The van der Waals surface area contributed by atoms with Crippen LogP contribution in [0.2, 0.25) is 0 Å². The zero-order valence-corrected chi connectivity index (χ0v) is 8.65. The SMILES string of the molecule is CCC(C(=O)O)C(O)c1cc(F)ccc1F. The Hall–Kier alpha value is -1.49. The van der Waals surface area contributed by atoms with Gasteiger partial charge in [-0.25, -0.2) is 8.78 Å². The molecule has 16 heavy (non-hydrogen) atoms. The fourth-order valence-corrected chi connectivity index (χ4v) is 1.49. The summed E-state index contributed by atoms with van der Waals surface area (Å²) < 4.78 is 26.1. The lowest BCUT2D eigenvalue weighted by Crippen LogP contribution is -2.22. The number of hydrogen-bond donors (Lipinski definition) is 2. The largest absolute Gasteiger partial charge is 0.481 e. The molecule has 1 aromatic carbocycles. The average Bonchev–Trinajstić information content (AvgIpc) is 2.22. The maximum atomic E-state index is 13.3. The third-order valence-corrected chi connectivity index (χ3v) is 2.41. The quantitative estimate of drug-likeness (QED) is 0.832. The Balaban J connectivity index is 3.07. The van der Waals surface area contributed by atoms with E-state index in [1.54, 1.807) is 6.92 Å². The number of rotatable bonds is 4. The molecule has 0 aliphatic heterocycles. The van der Waals surface area contributed by atoms with Gasteiger partial charge in [-0.1, -0.05) is 6.92 Å². The number of aliphatic carboxylic acids is 1. The summed E-state index contributed by atoms with van der Waals surface area (Å²) in [4.78, 5) is 10.8. The third-order valence-electron chi connectivity index (χ3n) is 2.41. The third kappa shape index (κ3) is 2.55. The molecule has 0 heterocycles. The zero-order chi connectivity index (χ0) is 12.3. The Kier molecular flexibility index (Phi) is 3.95. The second-order valence-corrected chi connectivity index (χ2v) is 3.46. The van der Waals surface area contributed by atoms with E-state index < -0.39 is 29.6 Å². The van der Waals surface area contributed by atoms with E-state index in [-0.39, 0.29) is 12.0 Å². The van der Waals surface area contributed by atoms with Gasteiger partial charge in [-0.3, -0.25) is 4.79 Å². The highest BCUT2D eigenvalue weighted by Crippen LogP contribution is 2.27. The van der Waals surface area contributed by atoms with Crippen molar-refractivity contribution in [2.24, 2.45) is 5.92 Å². The molecule has 5 heteroatoms. The van der Waals surface area contributed by atoms with Gasteiger partial charge in [0.05, 0.1) is 12.0 Å². The van der Waals surface area contributed by atoms with Crippen molar-refractivity contribution in [3.8, 4) is 0 Å². The van der Waals surface area contributed by atoms with Crippen LogP contribution in [-0.2, 0) is 4.79 Å². The molecule has 0 saturated heterocycles. The predicted octanol–water partition coefficient (Wildman–Crippen LogP) is 2.11. The molecule has 0 bridgehead atoms. The first kappa shape index (κ1) is 12.6. The summed E-state index contributed by atoms with van der Waals surface area (Å²) in [5.74, 6) is -3.90. The molecule has 0 spiro atoms. The summed E-state index contributed by atoms with van der Waals surface area (Å²) in [6, 6.07) is 2.58. The maximum Gasteiger partial charge on any atom is 0.309 e. The van der Waals surface area contributed by atoms with E-state index in [0.29, 0.717) is 0 Å². The number of aliphatic hydroxyl groups is 1. The molecule has 0 aromatic heterocycles. The van der Waals surface area contributed by atoms with Crippen molar-refractivity contribution in [3.05, 3.63) is 35.4 Å². The summed E-state index contributed by atoms with van der Waals surface area (Å²) in [5, 5.41) is 18.5. The van der Waals surface area contributed by atoms with Gasteiger partial charge >= 0.3 is 5.97 Å². The van der Waals surface area contributed by atoms with E-state index in [1.165, 1.54) is 0 Å². The van der Waals surface area contributed by atoms with Gasteiger partial charge in [0, 0.05) is 5.56 Å². The maximum absolute atomic E-state index is 13.3. The smallest absolute Gasteiger partial charge is 0.309 e. The van der Waals surface area contributed by atoms with Crippen LogP contribution >= 0.6 is 0 Å². The van der Waals surface area contributed by atoms with E-state index >= 15 is 0 Å². The van der Waals surface area contributed by atoms with E-state index in [0.717, 1.165) is 18.2 Å². The lowest BCUT2D eigenvalue weighted by Gasteiger charge is -2.18. The van der Waals surface area contributed by atoms with Crippen LogP contribution in [0.5, 0.6) is 0 Å². The van der Waals surface area contributed by atoms with E-state index in [4.69, 9.17) is 5.11 Å². The minimum Gasteiger partial charge on any atom is -0.481 e. The van der Waals surface area contributed by atoms with E-state index in [9.17, 15) is 18.7 Å². The van der Waals surface area contributed by atoms with Crippen molar-refractivity contribution < 1.29 is 23.8 Å². The normalized spacial score (nSPS) is 14.5. The van der Waals surface area contributed by atoms with Crippen molar-refractivity contribution >= 4 is 5.97 Å². The monoisotopic (exact) mass is 230 g/mol. The van der Waals surface area contributed by atoms with Crippen LogP contribution in [0.1, 0.15) is 25.0 Å². The number of carbonyl (C=O) groups is 1. The van der Waals surface area contributed by atoms with Crippen LogP contribution in [0, 0.1) is 17.6 Å². The van der Waals surface area contributed by atoms with Crippen molar-refractivity contribution in [3.63, 3.8) is 0 Å². The number of carboxylic acid groups (broad SMARTS) is 1. The number of aliphatic hydroxyl groups excluding tert-OH is 1. The summed E-state index contributed by atoms with van der Waals surface area (Å²) in [5.41, 5.74) is -0.325. The van der Waals surface area contributed by atoms with Crippen molar-refractivity contribution in [2.75, 3.05) is 0 Å². The lowest BCUT2D eigenvalue weighted by molar-refractivity contribution is -0.146. The average molecular weight is 230 g/mol. The molecule has 2 N–H and O–H groups in total. The fraction of sp³-hybridized carbons (Fsp3) is 0.364. The zero-order valence-electron chi connectivity index (χ0n) is 8.65. The molecule has 0 aliphatic carbocycles. The highest BCUT2D eigenvalue weighted by molar-refractivity contribution is 5.71. The molecule has 3 nitrogen and oxygen atoms in total. The highest BCUT2D eigenvalue weighted by Gasteiger charge is 2.28. The van der Waals surface area contributed by atoms with Gasteiger partial charge in [-0.2, -0.15) is 0 Å². The van der Waals surface area contributed by atoms with Crippen molar-refractivity contribution in [2.45, 2.75) is 19.4 Å². The molecule has 0 amide bonds. The minimum absolute atomic E-state index is 0.131. The lowest BCUT2D eigenvalue weighted by atomic mass is 9.93. The van der Waals surface area contributed by atoms with Gasteiger partial charge in [0.2, 0.25) is 0 Å². The van der Waals surface area contributed by atoms with Gasteiger partial charge in [0.25, 0.3) is 0 Å². The Morgan fingerprint density at radius 2 is 2.06 bits per heavy atom. The molecular formula is C11H12F2O3. The highest BCUT2D eigenvalue weighted by atomic mass is 19.1. The Labute approximate surface area is 91.3 Å². The van der Waals surface area contributed by atoms with E-state index in [2.05, 4.69) is 0 Å². The second kappa shape index (κ2) is 5.03. The second-order valence-electron chi connectivity index (χ2n) is 3.46. The summed E-state index contributed by atoms with van der Waals surface area (Å²) >= 11 is 0. The van der Waals surface area contributed by atoms with Gasteiger partial charge in [-0.05, 0) is 24.6 Å². The van der Waals surface area contributed by atoms with Crippen LogP contribution < -0.4 is 0 Å². The van der Waals surface area contributed by atoms with Crippen molar-refractivity contribution in [1.82, 2.24) is 0 Å². The van der Waals surface area contributed by atoms with Crippen LogP contribution in [0.3, 0.4) is 0 Å². The molecule has 2 atom stereocenters.